The highest BCUT2D eigenvalue weighted by Gasteiger charge is 2.07. The zero-order chi connectivity index (χ0) is 15.5. The first-order valence-corrected chi connectivity index (χ1v) is 7.57. The molecule has 0 atom stereocenters. The molecule has 0 aliphatic heterocycles. The van der Waals surface area contributed by atoms with Gasteiger partial charge in [-0.1, -0.05) is 24.3 Å². The van der Waals surface area contributed by atoms with E-state index in [-0.39, 0.29) is 5.78 Å². The van der Waals surface area contributed by atoms with Crippen molar-refractivity contribution < 1.29 is 9.59 Å². The van der Waals surface area contributed by atoms with Crippen LogP contribution in [0.2, 0.25) is 0 Å². The number of hydrogen-bond donors (Lipinski definition) is 0. The van der Waals surface area contributed by atoms with Crippen LogP contribution in [0.1, 0.15) is 32.6 Å². The van der Waals surface area contributed by atoms with E-state index in [9.17, 15) is 9.59 Å². The summed E-state index contributed by atoms with van der Waals surface area (Å²) in [5.41, 5.74) is 3.09. The minimum atomic E-state index is 0.0511. The van der Waals surface area contributed by atoms with Gasteiger partial charge in [-0.15, -0.1) is 11.3 Å². The molecule has 22 heavy (non-hydrogen) atoms. The molecule has 2 heterocycles. The molecule has 3 aromatic rings. The Bertz CT molecular complexity index is 818. The minimum Gasteiger partial charge on any atom is -0.298 e. The highest BCUT2D eigenvalue weighted by Crippen LogP contribution is 2.23. The van der Waals surface area contributed by atoms with Gasteiger partial charge in [-0.25, -0.2) is 4.98 Å². The highest BCUT2D eigenvalue weighted by atomic mass is 32.1. The zero-order valence-electron chi connectivity index (χ0n) is 11.9. The van der Waals surface area contributed by atoms with Crippen molar-refractivity contribution in [2.75, 3.05) is 0 Å². The predicted octanol–water partition coefficient (Wildman–Crippen LogP) is 3.07. The molecule has 0 aliphatic carbocycles. The Morgan fingerprint density at radius 3 is 2.73 bits per heavy atom. The van der Waals surface area contributed by atoms with Crippen LogP contribution in [0.15, 0.2) is 42.0 Å². The van der Waals surface area contributed by atoms with Gasteiger partial charge in [-0.2, -0.15) is 5.10 Å². The van der Waals surface area contributed by atoms with Gasteiger partial charge in [0, 0.05) is 22.7 Å². The lowest BCUT2D eigenvalue weighted by Gasteiger charge is -1.99. The highest BCUT2D eigenvalue weighted by molar-refractivity contribution is 7.09. The number of carbonyl (C=O) groups excluding carboxylic acids is 2. The molecule has 0 radical (unpaired) electrons. The maximum absolute atomic E-state index is 11.3. The summed E-state index contributed by atoms with van der Waals surface area (Å²) in [4.78, 5) is 26.5. The zero-order valence-corrected chi connectivity index (χ0v) is 12.7. The second kappa shape index (κ2) is 6.03. The van der Waals surface area contributed by atoms with E-state index in [0.29, 0.717) is 17.7 Å². The molecule has 6 heteroatoms. The number of hydrogen-bond acceptors (Lipinski definition) is 5. The van der Waals surface area contributed by atoms with E-state index >= 15 is 0 Å². The number of nitrogens with zero attached hydrogens (tertiary/aromatic N) is 3. The second-order valence-corrected chi connectivity index (χ2v) is 5.79. The number of aromatic nitrogens is 3. The van der Waals surface area contributed by atoms with Crippen molar-refractivity contribution >= 4 is 23.4 Å². The van der Waals surface area contributed by atoms with Gasteiger partial charge in [-0.3, -0.25) is 14.3 Å². The van der Waals surface area contributed by atoms with Crippen LogP contribution in [0.5, 0.6) is 0 Å². The third-order valence-electron chi connectivity index (χ3n) is 3.23. The van der Waals surface area contributed by atoms with Crippen LogP contribution >= 0.6 is 11.3 Å². The number of ketones is 1. The Morgan fingerprint density at radius 2 is 2.09 bits per heavy atom. The van der Waals surface area contributed by atoms with Crippen LogP contribution in [-0.2, 0) is 6.54 Å². The molecule has 5 nitrogen and oxygen atoms in total. The summed E-state index contributed by atoms with van der Waals surface area (Å²) in [5.74, 6) is 0.0511. The maximum atomic E-state index is 11.3. The summed E-state index contributed by atoms with van der Waals surface area (Å²) in [6, 6.07) is 7.41. The normalized spacial score (nSPS) is 10.6. The third-order valence-corrected chi connectivity index (χ3v) is 4.06. The first-order valence-electron chi connectivity index (χ1n) is 6.69. The van der Waals surface area contributed by atoms with Crippen molar-refractivity contribution in [1.82, 2.24) is 14.8 Å². The van der Waals surface area contributed by atoms with E-state index in [4.69, 9.17) is 0 Å². The molecule has 0 fully saturated rings. The Labute approximate surface area is 131 Å². The molecule has 0 saturated carbocycles. The van der Waals surface area contributed by atoms with E-state index in [1.807, 2.05) is 17.5 Å². The number of Topliss-reactive ketones (excluding diaryl/α,β-unsaturated/α-hetero) is 1. The number of thiazole rings is 1. The SMILES string of the molecule is CC(=O)c1ccc(-c2csc(Cn3cc(C=O)cn3)n2)cc1. The van der Waals surface area contributed by atoms with Crippen molar-refractivity contribution in [2.45, 2.75) is 13.5 Å². The number of rotatable bonds is 5. The average molecular weight is 311 g/mol. The topological polar surface area (TPSA) is 64.8 Å². The molecule has 0 spiro atoms. The summed E-state index contributed by atoms with van der Waals surface area (Å²) >= 11 is 1.54. The average Bonchev–Trinajstić information content (AvgIpc) is 3.17. The van der Waals surface area contributed by atoms with Gasteiger partial charge >= 0.3 is 0 Å². The molecule has 0 unspecified atom stereocenters. The van der Waals surface area contributed by atoms with Gasteiger partial charge in [0.2, 0.25) is 0 Å². The molecule has 0 saturated heterocycles. The smallest absolute Gasteiger partial charge is 0.159 e. The fourth-order valence-corrected chi connectivity index (χ4v) is 2.85. The van der Waals surface area contributed by atoms with Gasteiger partial charge in [-0.05, 0) is 6.92 Å². The van der Waals surface area contributed by atoms with Crippen LogP contribution in [0.25, 0.3) is 11.3 Å². The lowest BCUT2D eigenvalue weighted by atomic mass is 10.1. The van der Waals surface area contributed by atoms with Gasteiger partial charge in [0.25, 0.3) is 0 Å². The van der Waals surface area contributed by atoms with E-state index in [1.165, 1.54) is 17.5 Å². The second-order valence-electron chi connectivity index (χ2n) is 4.85. The van der Waals surface area contributed by atoms with E-state index in [1.54, 1.807) is 29.9 Å². The van der Waals surface area contributed by atoms with Crippen molar-refractivity contribution in [2.24, 2.45) is 0 Å². The Hall–Kier alpha value is -2.60. The Balaban J connectivity index is 1.78. The van der Waals surface area contributed by atoms with E-state index < -0.39 is 0 Å². The summed E-state index contributed by atoms with van der Waals surface area (Å²) in [6.45, 7) is 2.08. The fourth-order valence-electron chi connectivity index (χ4n) is 2.06. The van der Waals surface area contributed by atoms with Crippen LogP contribution in [0.4, 0.5) is 0 Å². The first kappa shape index (κ1) is 14.3. The van der Waals surface area contributed by atoms with Crippen molar-refractivity contribution in [1.29, 1.82) is 0 Å². The molecular weight excluding hydrogens is 298 g/mol. The van der Waals surface area contributed by atoms with Crippen molar-refractivity contribution in [3.8, 4) is 11.3 Å². The molecule has 110 valence electrons. The molecule has 0 amide bonds. The van der Waals surface area contributed by atoms with E-state index in [0.717, 1.165) is 22.6 Å². The van der Waals surface area contributed by atoms with Crippen LogP contribution in [-0.4, -0.2) is 26.8 Å². The monoisotopic (exact) mass is 311 g/mol. The number of benzene rings is 1. The lowest BCUT2D eigenvalue weighted by molar-refractivity contribution is 0.101. The molecule has 0 bridgehead atoms. The van der Waals surface area contributed by atoms with Gasteiger partial charge in [0.1, 0.15) is 5.01 Å². The Morgan fingerprint density at radius 1 is 1.32 bits per heavy atom. The standard InChI is InChI=1S/C16H13N3O2S/c1-11(21)13-2-4-14(5-3-13)15-10-22-16(18-15)8-19-7-12(9-20)6-17-19/h2-7,9-10H,8H2,1H3. The van der Waals surface area contributed by atoms with E-state index in [2.05, 4.69) is 10.1 Å². The number of aldehydes is 1. The van der Waals surface area contributed by atoms with Gasteiger partial charge in [0.05, 0.1) is 24.0 Å². The first-order chi connectivity index (χ1) is 10.7. The molecule has 2 aromatic heterocycles. The quantitative estimate of drug-likeness (QED) is 0.536. The largest absolute Gasteiger partial charge is 0.298 e. The molecule has 0 N–H and O–H groups in total. The fraction of sp³-hybridized carbons (Fsp3) is 0.125. The third kappa shape index (κ3) is 3.01. The molecule has 3 rings (SSSR count). The summed E-state index contributed by atoms with van der Waals surface area (Å²) in [6.07, 6.45) is 3.99. The van der Waals surface area contributed by atoms with Crippen molar-refractivity contribution in [3.63, 3.8) is 0 Å². The maximum Gasteiger partial charge on any atom is 0.159 e. The van der Waals surface area contributed by atoms with Crippen LogP contribution in [0, 0.1) is 0 Å². The Kier molecular flexibility index (Phi) is 3.93. The summed E-state index contributed by atoms with van der Waals surface area (Å²) in [7, 11) is 0. The van der Waals surface area contributed by atoms with Crippen LogP contribution in [0.3, 0.4) is 0 Å². The predicted molar refractivity (Wildman–Crippen MR) is 84.3 cm³/mol. The molecule has 0 aliphatic rings. The summed E-state index contributed by atoms with van der Waals surface area (Å²) in [5, 5.41) is 6.99. The summed E-state index contributed by atoms with van der Waals surface area (Å²) < 4.78 is 1.69. The molecule has 1 aromatic carbocycles. The van der Waals surface area contributed by atoms with Gasteiger partial charge in [0.15, 0.2) is 12.1 Å². The van der Waals surface area contributed by atoms with Crippen molar-refractivity contribution in [3.05, 3.63) is 58.2 Å². The number of carbonyl (C=O) groups is 2. The minimum absolute atomic E-state index is 0.0511. The van der Waals surface area contributed by atoms with Gasteiger partial charge < -0.3 is 0 Å². The van der Waals surface area contributed by atoms with Crippen LogP contribution < -0.4 is 0 Å². The lowest BCUT2D eigenvalue weighted by Crippen LogP contribution is -1.99. The molecular formula is C16H13N3O2S.